The molecule has 0 spiro atoms. The van der Waals surface area contributed by atoms with Gasteiger partial charge in [0.1, 0.15) is 17.5 Å². The van der Waals surface area contributed by atoms with Gasteiger partial charge in [0.15, 0.2) is 0 Å². The topological polar surface area (TPSA) is 27.7 Å². The average molecular weight is 445 g/mol. The van der Waals surface area contributed by atoms with E-state index in [1.165, 1.54) is 12.1 Å². The third-order valence-corrected chi connectivity index (χ3v) is 7.11. The van der Waals surface area contributed by atoms with Crippen molar-refractivity contribution in [3.8, 4) is 0 Å². The summed E-state index contributed by atoms with van der Waals surface area (Å²) >= 11 is 0. The van der Waals surface area contributed by atoms with Crippen molar-refractivity contribution in [3.05, 3.63) is 114 Å². The lowest BCUT2D eigenvalue weighted by Gasteiger charge is -2.52. The molecule has 3 nitrogen and oxygen atoms in total. The molecule has 4 heteroatoms. The fourth-order valence-electron chi connectivity index (χ4n) is 5.01. The molecule has 3 aromatic rings. The van der Waals surface area contributed by atoms with Gasteiger partial charge in [0.25, 0.3) is 0 Å². The SMILES string of the molecule is CC1(OCc2ccccc2)CCC2CC1OO[C@]2(/C=C\c1ccc(F)cc1)c1ccccc1. The molecule has 1 aliphatic heterocycles. The molecule has 1 saturated carbocycles. The van der Waals surface area contributed by atoms with Crippen LogP contribution in [0.15, 0.2) is 91.0 Å². The van der Waals surface area contributed by atoms with E-state index in [0.717, 1.165) is 36.0 Å². The van der Waals surface area contributed by atoms with E-state index < -0.39 is 11.2 Å². The van der Waals surface area contributed by atoms with E-state index >= 15 is 0 Å². The number of hydrogen-bond acceptors (Lipinski definition) is 3. The van der Waals surface area contributed by atoms with Crippen LogP contribution in [0.25, 0.3) is 6.08 Å². The van der Waals surface area contributed by atoms with Gasteiger partial charge >= 0.3 is 0 Å². The van der Waals surface area contributed by atoms with E-state index in [1.54, 1.807) is 12.1 Å². The van der Waals surface area contributed by atoms with Crippen LogP contribution in [-0.2, 0) is 26.7 Å². The van der Waals surface area contributed by atoms with Crippen LogP contribution < -0.4 is 0 Å². The fourth-order valence-corrected chi connectivity index (χ4v) is 5.01. The maximum atomic E-state index is 13.4. The Bertz CT molecular complexity index is 1080. The summed E-state index contributed by atoms with van der Waals surface area (Å²) in [5, 5.41) is 0. The zero-order chi connectivity index (χ0) is 22.7. The Labute approximate surface area is 194 Å². The normalized spacial score (nSPS) is 29.3. The molecule has 1 saturated heterocycles. The summed E-state index contributed by atoms with van der Waals surface area (Å²) in [5.74, 6) is -0.00386. The monoisotopic (exact) mass is 444 g/mol. The van der Waals surface area contributed by atoms with E-state index in [4.69, 9.17) is 14.5 Å². The van der Waals surface area contributed by atoms with Gasteiger partial charge in [0, 0.05) is 5.92 Å². The summed E-state index contributed by atoms with van der Waals surface area (Å²) in [6.45, 7) is 2.68. The number of ether oxygens (including phenoxy) is 1. The maximum Gasteiger partial charge on any atom is 0.150 e. The molecule has 3 unspecified atom stereocenters. The zero-order valence-electron chi connectivity index (χ0n) is 18.8. The molecule has 2 bridgehead atoms. The van der Waals surface area contributed by atoms with E-state index in [0.29, 0.717) is 6.61 Å². The van der Waals surface area contributed by atoms with Gasteiger partial charge < -0.3 is 4.74 Å². The van der Waals surface area contributed by atoms with Gasteiger partial charge in [-0.05, 0) is 61.1 Å². The van der Waals surface area contributed by atoms with Gasteiger partial charge in [-0.15, -0.1) is 0 Å². The van der Waals surface area contributed by atoms with Crippen molar-refractivity contribution in [2.45, 2.75) is 50.1 Å². The lowest BCUT2D eigenvalue weighted by Crippen LogP contribution is -2.56. The first-order valence-electron chi connectivity index (χ1n) is 11.6. The summed E-state index contributed by atoms with van der Waals surface area (Å²) in [4.78, 5) is 12.4. The summed E-state index contributed by atoms with van der Waals surface area (Å²) in [6.07, 6.45) is 6.61. The summed E-state index contributed by atoms with van der Waals surface area (Å²) in [6, 6.07) is 26.9. The lowest BCUT2D eigenvalue weighted by molar-refractivity contribution is -0.447. The molecule has 0 aromatic heterocycles. The summed E-state index contributed by atoms with van der Waals surface area (Å²) in [7, 11) is 0. The third kappa shape index (κ3) is 4.51. The van der Waals surface area contributed by atoms with Crippen molar-refractivity contribution in [1.29, 1.82) is 0 Å². The summed E-state index contributed by atoms with van der Waals surface area (Å²) in [5.41, 5.74) is 2.02. The minimum Gasteiger partial charge on any atom is -0.368 e. The van der Waals surface area contributed by atoms with Crippen molar-refractivity contribution in [1.82, 2.24) is 0 Å². The molecular formula is C29H29FO3. The second-order valence-corrected chi connectivity index (χ2v) is 9.27. The van der Waals surface area contributed by atoms with Crippen LogP contribution in [0.1, 0.15) is 42.9 Å². The average Bonchev–Trinajstić information content (AvgIpc) is 2.87. The molecule has 1 heterocycles. The molecule has 2 fully saturated rings. The minimum atomic E-state index is -0.701. The second kappa shape index (κ2) is 9.22. The number of halogens is 1. The fraction of sp³-hybridized carbons (Fsp3) is 0.310. The molecule has 0 N–H and O–H groups in total. The van der Waals surface area contributed by atoms with Crippen LogP contribution in [0.5, 0.6) is 0 Å². The second-order valence-electron chi connectivity index (χ2n) is 9.27. The number of rotatable bonds is 6. The first-order chi connectivity index (χ1) is 16.1. The van der Waals surface area contributed by atoms with Crippen molar-refractivity contribution in [2.24, 2.45) is 5.92 Å². The largest absolute Gasteiger partial charge is 0.368 e. The molecule has 1 aliphatic carbocycles. The van der Waals surface area contributed by atoms with Crippen LogP contribution in [0.4, 0.5) is 4.39 Å². The lowest BCUT2D eigenvalue weighted by atomic mass is 9.67. The predicted octanol–water partition coefficient (Wildman–Crippen LogP) is 6.84. The van der Waals surface area contributed by atoms with Gasteiger partial charge in [-0.2, -0.15) is 0 Å². The Morgan fingerprint density at radius 1 is 0.970 bits per heavy atom. The Hall–Kier alpha value is -2.79. The van der Waals surface area contributed by atoms with E-state index in [1.807, 2.05) is 42.5 Å². The highest BCUT2D eigenvalue weighted by atomic mass is 19.1. The quantitative estimate of drug-likeness (QED) is 0.390. The highest BCUT2D eigenvalue weighted by Crippen LogP contribution is 2.52. The highest BCUT2D eigenvalue weighted by Gasteiger charge is 2.54. The molecule has 4 atom stereocenters. The smallest absolute Gasteiger partial charge is 0.150 e. The molecule has 2 aliphatic rings. The predicted molar refractivity (Wildman–Crippen MR) is 126 cm³/mol. The Morgan fingerprint density at radius 3 is 2.39 bits per heavy atom. The minimum absolute atomic E-state index is 0.143. The van der Waals surface area contributed by atoms with Crippen molar-refractivity contribution < 1.29 is 18.9 Å². The molecule has 3 aromatic carbocycles. The van der Waals surface area contributed by atoms with E-state index in [9.17, 15) is 4.39 Å². The number of benzene rings is 3. The van der Waals surface area contributed by atoms with Gasteiger partial charge in [-0.3, -0.25) is 0 Å². The molecule has 33 heavy (non-hydrogen) atoms. The number of fused-ring (bicyclic) bond motifs is 2. The first-order valence-corrected chi connectivity index (χ1v) is 11.6. The molecule has 0 amide bonds. The van der Waals surface area contributed by atoms with Crippen LogP contribution in [0, 0.1) is 11.7 Å². The standard InChI is InChI=1S/C29H29FO3/c1-28(31-21-23-8-4-2-5-9-23)18-17-25-20-27(28)32-33-29(25,24-10-6-3-7-11-24)19-16-22-12-14-26(30)15-13-22/h2-16,19,25,27H,17-18,20-21H2,1H3/b19-16-/t25?,27?,28?,29-/m1/s1. The Kier molecular flexibility index (Phi) is 6.15. The van der Waals surface area contributed by atoms with Gasteiger partial charge in [0.2, 0.25) is 0 Å². The van der Waals surface area contributed by atoms with Gasteiger partial charge in [0.05, 0.1) is 12.2 Å². The van der Waals surface area contributed by atoms with Crippen molar-refractivity contribution >= 4 is 6.08 Å². The van der Waals surface area contributed by atoms with Crippen LogP contribution in [0.3, 0.4) is 0 Å². The highest BCUT2D eigenvalue weighted by molar-refractivity contribution is 5.52. The molecule has 170 valence electrons. The van der Waals surface area contributed by atoms with E-state index in [2.05, 4.69) is 37.3 Å². The zero-order valence-corrected chi connectivity index (χ0v) is 18.8. The van der Waals surface area contributed by atoms with Crippen LogP contribution >= 0.6 is 0 Å². The Balaban J connectivity index is 1.38. The van der Waals surface area contributed by atoms with Crippen molar-refractivity contribution in [2.75, 3.05) is 0 Å². The molecule has 0 radical (unpaired) electrons. The first kappa shape index (κ1) is 22.0. The van der Waals surface area contributed by atoms with Crippen LogP contribution in [0.2, 0.25) is 0 Å². The van der Waals surface area contributed by atoms with Crippen molar-refractivity contribution in [3.63, 3.8) is 0 Å². The van der Waals surface area contributed by atoms with Crippen LogP contribution in [-0.4, -0.2) is 11.7 Å². The summed E-state index contributed by atoms with van der Waals surface area (Å²) < 4.78 is 19.8. The van der Waals surface area contributed by atoms with Gasteiger partial charge in [-0.25, -0.2) is 14.2 Å². The molecule has 5 rings (SSSR count). The number of hydrogen-bond donors (Lipinski definition) is 0. The van der Waals surface area contributed by atoms with E-state index in [-0.39, 0.29) is 17.8 Å². The molecular weight excluding hydrogens is 415 g/mol. The Morgan fingerprint density at radius 2 is 1.67 bits per heavy atom. The maximum absolute atomic E-state index is 13.4. The third-order valence-electron chi connectivity index (χ3n) is 7.11. The van der Waals surface area contributed by atoms with Gasteiger partial charge in [-0.1, -0.05) is 78.9 Å².